The van der Waals surface area contributed by atoms with Crippen molar-refractivity contribution >= 4 is 17.6 Å². The molecule has 162 valence electrons. The maximum Gasteiger partial charge on any atom is 0.321 e. The number of aromatic nitrogens is 2. The second-order valence-electron chi connectivity index (χ2n) is 6.74. The Labute approximate surface area is 180 Å². The zero-order valence-corrected chi connectivity index (χ0v) is 17.5. The van der Waals surface area contributed by atoms with Gasteiger partial charge in [-0.15, -0.1) is 0 Å². The van der Waals surface area contributed by atoms with Crippen molar-refractivity contribution in [2.24, 2.45) is 0 Å². The monoisotopic (exact) mass is 423 g/mol. The molecular formula is C22H25N5O4. The van der Waals surface area contributed by atoms with Crippen LogP contribution in [0.25, 0.3) is 0 Å². The van der Waals surface area contributed by atoms with Crippen LogP contribution in [-0.2, 0) is 13.0 Å². The molecule has 0 saturated carbocycles. The van der Waals surface area contributed by atoms with E-state index in [4.69, 9.17) is 9.26 Å². The highest BCUT2D eigenvalue weighted by Gasteiger charge is 2.16. The highest BCUT2D eigenvalue weighted by molar-refractivity contribution is 5.89. The third kappa shape index (κ3) is 6.56. The van der Waals surface area contributed by atoms with E-state index in [2.05, 4.69) is 20.8 Å². The quantitative estimate of drug-likeness (QED) is 0.547. The molecule has 0 spiro atoms. The van der Waals surface area contributed by atoms with Crippen molar-refractivity contribution in [2.45, 2.75) is 19.9 Å². The maximum absolute atomic E-state index is 12.3. The largest absolute Gasteiger partial charge is 0.494 e. The van der Waals surface area contributed by atoms with Gasteiger partial charge in [0, 0.05) is 32.2 Å². The number of likely N-dealkylation sites (N-methyl/N-ethyl adjacent to an activating group) is 1. The van der Waals surface area contributed by atoms with Crippen molar-refractivity contribution < 1.29 is 18.8 Å². The van der Waals surface area contributed by atoms with Gasteiger partial charge in [-0.3, -0.25) is 4.79 Å². The summed E-state index contributed by atoms with van der Waals surface area (Å²) in [5.41, 5.74) is 1.63. The van der Waals surface area contributed by atoms with Crippen LogP contribution in [0.5, 0.6) is 5.75 Å². The van der Waals surface area contributed by atoms with Crippen molar-refractivity contribution in [1.29, 1.82) is 0 Å². The molecule has 3 amide bonds. The molecule has 2 aromatic carbocycles. The summed E-state index contributed by atoms with van der Waals surface area (Å²) in [4.78, 5) is 30.1. The van der Waals surface area contributed by atoms with Crippen LogP contribution < -0.4 is 15.4 Å². The molecule has 0 aliphatic rings. The average molecular weight is 423 g/mol. The molecule has 1 heterocycles. The molecule has 0 unspecified atom stereocenters. The van der Waals surface area contributed by atoms with Crippen LogP contribution >= 0.6 is 0 Å². The van der Waals surface area contributed by atoms with E-state index in [1.807, 2.05) is 37.3 Å². The van der Waals surface area contributed by atoms with Crippen LogP contribution in [0.2, 0.25) is 0 Å². The smallest absolute Gasteiger partial charge is 0.321 e. The Morgan fingerprint density at radius 3 is 2.55 bits per heavy atom. The number of hydrogen-bond donors (Lipinski definition) is 2. The van der Waals surface area contributed by atoms with E-state index in [-0.39, 0.29) is 11.9 Å². The Balaban J connectivity index is 1.44. The summed E-state index contributed by atoms with van der Waals surface area (Å²) >= 11 is 0. The van der Waals surface area contributed by atoms with Crippen LogP contribution in [0.3, 0.4) is 0 Å². The minimum atomic E-state index is -0.441. The van der Waals surface area contributed by atoms with Crippen LogP contribution in [-0.4, -0.2) is 47.2 Å². The van der Waals surface area contributed by atoms with Crippen LogP contribution in [0, 0.1) is 0 Å². The maximum atomic E-state index is 12.3. The van der Waals surface area contributed by atoms with E-state index in [9.17, 15) is 9.59 Å². The fourth-order valence-corrected chi connectivity index (χ4v) is 2.69. The Kier molecular flexibility index (Phi) is 7.58. The normalized spacial score (nSPS) is 10.4. The predicted octanol–water partition coefficient (Wildman–Crippen LogP) is 3.10. The van der Waals surface area contributed by atoms with E-state index in [1.165, 1.54) is 4.90 Å². The summed E-state index contributed by atoms with van der Waals surface area (Å²) in [5.74, 6) is 0.553. The number of anilines is 1. The molecule has 9 nitrogen and oxygen atoms in total. The van der Waals surface area contributed by atoms with E-state index >= 15 is 0 Å². The Bertz CT molecular complexity index is 989. The van der Waals surface area contributed by atoms with Gasteiger partial charge in [0.2, 0.25) is 0 Å². The SMILES string of the molecule is CCOc1ccc(NC(=O)N(C)CCc2noc(C(=O)NCc3ccccc3)n2)cc1. The van der Waals surface area contributed by atoms with Gasteiger partial charge < -0.3 is 24.8 Å². The van der Waals surface area contributed by atoms with Gasteiger partial charge in [0.25, 0.3) is 0 Å². The molecule has 3 aromatic rings. The van der Waals surface area contributed by atoms with E-state index in [1.54, 1.807) is 31.3 Å². The first-order chi connectivity index (χ1) is 15.0. The van der Waals surface area contributed by atoms with Crippen molar-refractivity contribution in [3.05, 3.63) is 71.9 Å². The van der Waals surface area contributed by atoms with Crippen molar-refractivity contribution in [2.75, 3.05) is 25.5 Å². The molecule has 31 heavy (non-hydrogen) atoms. The number of carbonyl (C=O) groups excluding carboxylic acids is 2. The molecule has 0 bridgehead atoms. The highest BCUT2D eigenvalue weighted by atomic mass is 16.5. The second kappa shape index (κ2) is 10.8. The Morgan fingerprint density at radius 2 is 1.84 bits per heavy atom. The number of ether oxygens (including phenoxy) is 1. The minimum Gasteiger partial charge on any atom is -0.494 e. The molecule has 0 aliphatic heterocycles. The zero-order valence-electron chi connectivity index (χ0n) is 17.5. The van der Waals surface area contributed by atoms with Gasteiger partial charge in [-0.2, -0.15) is 4.98 Å². The van der Waals surface area contributed by atoms with Crippen molar-refractivity contribution in [3.63, 3.8) is 0 Å². The molecular weight excluding hydrogens is 398 g/mol. The molecule has 0 atom stereocenters. The van der Waals surface area contributed by atoms with Crippen molar-refractivity contribution in [1.82, 2.24) is 20.4 Å². The number of nitrogens with one attached hydrogen (secondary N) is 2. The van der Waals surface area contributed by atoms with Gasteiger partial charge in [0.15, 0.2) is 5.82 Å². The number of benzene rings is 2. The summed E-state index contributed by atoms with van der Waals surface area (Å²) in [6.45, 7) is 3.22. The fraction of sp³-hybridized carbons (Fsp3) is 0.273. The molecule has 0 aliphatic carbocycles. The molecule has 0 fully saturated rings. The average Bonchev–Trinajstić information content (AvgIpc) is 3.27. The summed E-state index contributed by atoms with van der Waals surface area (Å²) < 4.78 is 10.4. The number of rotatable bonds is 9. The van der Waals surface area contributed by atoms with Gasteiger partial charge in [0.1, 0.15) is 5.75 Å². The van der Waals surface area contributed by atoms with Gasteiger partial charge in [-0.1, -0.05) is 35.5 Å². The van der Waals surface area contributed by atoms with Gasteiger partial charge in [0.05, 0.1) is 6.61 Å². The lowest BCUT2D eigenvalue weighted by molar-refractivity contribution is 0.0907. The highest BCUT2D eigenvalue weighted by Crippen LogP contribution is 2.16. The first-order valence-corrected chi connectivity index (χ1v) is 9.95. The third-order valence-corrected chi connectivity index (χ3v) is 4.39. The van der Waals surface area contributed by atoms with Crippen LogP contribution in [0.15, 0.2) is 59.1 Å². The molecule has 0 radical (unpaired) electrons. The first-order valence-electron chi connectivity index (χ1n) is 9.95. The lowest BCUT2D eigenvalue weighted by Crippen LogP contribution is -2.33. The minimum absolute atomic E-state index is 0.104. The summed E-state index contributed by atoms with van der Waals surface area (Å²) in [6, 6.07) is 16.4. The van der Waals surface area contributed by atoms with Crippen LogP contribution in [0.1, 0.15) is 29.0 Å². The van der Waals surface area contributed by atoms with Crippen molar-refractivity contribution in [3.8, 4) is 5.75 Å². The van der Waals surface area contributed by atoms with E-state index in [0.29, 0.717) is 37.6 Å². The van der Waals surface area contributed by atoms with Gasteiger partial charge in [-0.05, 0) is 36.8 Å². The van der Waals surface area contributed by atoms with Gasteiger partial charge in [-0.25, -0.2) is 4.79 Å². The van der Waals surface area contributed by atoms with Crippen LogP contribution in [0.4, 0.5) is 10.5 Å². The van der Waals surface area contributed by atoms with Gasteiger partial charge >= 0.3 is 17.8 Å². The predicted molar refractivity (Wildman–Crippen MR) is 115 cm³/mol. The summed E-state index contributed by atoms with van der Waals surface area (Å²) in [6.07, 6.45) is 0.350. The first kappa shape index (κ1) is 21.8. The summed E-state index contributed by atoms with van der Waals surface area (Å²) in [7, 11) is 1.66. The molecule has 1 aromatic heterocycles. The Morgan fingerprint density at radius 1 is 1.10 bits per heavy atom. The lowest BCUT2D eigenvalue weighted by atomic mass is 10.2. The van der Waals surface area contributed by atoms with E-state index in [0.717, 1.165) is 11.3 Å². The summed E-state index contributed by atoms with van der Waals surface area (Å²) in [5, 5.41) is 9.35. The number of urea groups is 1. The number of carbonyl (C=O) groups is 2. The second-order valence-corrected chi connectivity index (χ2v) is 6.74. The standard InChI is InChI=1S/C22H25N5O4/c1-3-30-18-11-9-17(10-12-18)24-22(29)27(2)14-13-19-25-21(31-26-19)20(28)23-15-16-7-5-4-6-8-16/h4-12H,3,13-15H2,1-2H3,(H,23,28)(H,24,29). The number of nitrogens with zero attached hydrogens (tertiary/aromatic N) is 3. The fourth-order valence-electron chi connectivity index (χ4n) is 2.69. The van der Waals surface area contributed by atoms with E-state index < -0.39 is 5.91 Å². The molecule has 3 rings (SSSR count). The number of hydrogen-bond acceptors (Lipinski definition) is 6. The topological polar surface area (TPSA) is 110 Å². The zero-order chi connectivity index (χ0) is 22.1. The third-order valence-electron chi connectivity index (χ3n) is 4.39. The number of amides is 3. The lowest BCUT2D eigenvalue weighted by Gasteiger charge is -2.17. The molecule has 9 heteroatoms. The molecule has 0 saturated heterocycles. The molecule has 2 N–H and O–H groups in total. The Hall–Kier alpha value is -3.88.